The van der Waals surface area contributed by atoms with Crippen LogP contribution in [-0.4, -0.2) is 19.2 Å². The van der Waals surface area contributed by atoms with E-state index in [0.717, 1.165) is 18.6 Å². The minimum absolute atomic E-state index is 0. The molecule has 1 unspecified atom stereocenters. The van der Waals surface area contributed by atoms with Gasteiger partial charge in [0.15, 0.2) is 6.29 Å². The van der Waals surface area contributed by atoms with Crippen LogP contribution in [-0.2, 0) is 4.79 Å². The zero-order chi connectivity index (χ0) is 25.8. The summed E-state index contributed by atoms with van der Waals surface area (Å²) in [6.07, 6.45) is 10.6. The molecule has 0 radical (unpaired) electrons. The number of hydrogen-bond donors (Lipinski definition) is 0. The molecule has 0 aliphatic carbocycles. The third kappa shape index (κ3) is 42.3. The number of halogens is 1. The number of hydrogen-bond acceptors (Lipinski definition) is 3. The number of carbonyl (C=O) groups is 1. The summed E-state index contributed by atoms with van der Waals surface area (Å²) in [5.74, 6) is 3.07. The molecule has 0 aliphatic heterocycles. The molecule has 0 aromatic heterocycles. The summed E-state index contributed by atoms with van der Waals surface area (Å²) in [5, 5.41) is 0.434. The monoisotopic (exact) mass is 708 g/mol. The first-order valence-electron chi connectivity index (χ1n) is 12.1. The Balaban J connectivity index is -0.000000111. The van der Waals surface area contributed by atoms with Crippen LogP contribution >= 0.6 is 11.6 Å². The van der Waals surface area contributed by atoms with E-state index >= 15 is 0 Å². The molecule has 33 heavy (non-hydrogen) atoms. The predicted octanol–water partition coefficient (Wildman–Crippen LogP) is 9.71. The van der Waals surface area contributed by atoms with Gasteiger partial charge in [-0.15, -0.1) is 0 Å². The van der Waals surface area contributed by atoms with Gasteiger partial charge in [-0.3, -0.25) is 11.1 Å². The van der Waals surface area contributed by atoms with E-state index in [1.165, 1.54) is 38.0 Å². The van der Waals surface area contributed by atoms with E-state index < -0.39 is 0 Å². The van der Waals surface area contributed by atoms with Crippen LogP contribution < -0.4 is 4.74 Å². The molecule has 0 saturated carbocycles. The molecular weight excluding hydrogens is 658 g/mol. The fourth-order valence-electron chi connectivity index (χ4n) is 1.61. The third-order valence-electron chi connectivity index (χ3n) is 3.69. The van der Waals surface area contributed by atoms with Crippen molar-refractivity contribution in [1.82, 2.24) is 0 Å². The number of unbranched alkanes of at least 4 members (excludes halogenated alkanes) is 1. The molecule has 1 atom stereocenters. The Kier molecular flexibility index (Phi) is 47.1. The molecule has 0 saturated heterocycles. The Morgan fingerprint density at radius 3 is 1.73 bits per heavy atom. The topological polar surface area (TPSA) is 43.4 Å². The second-order valence-electron chi connectivity index (χ2n) is 7.95. The molecule has 5 heteroatoms. The molecule has 1 rings (SSSR count). The molecule has 0 N–H and O–H groups in total. The average molecular weight is 709 g/mol. The first kappa shape index (κ1) is 42.8. The molecule has 0 heterocycles. The van der Waals surface area contributed by atoms with E-state index in [4.69, 9.17) is 21.1 Å². The number of benzene rings is 1. The van der Waals surface area contributed by atoms with Crippen LogP contribution in [0.25, 0.3) is 0 Å². The van der Waals surface area contributed by atoms with Crippen molar-refractivity contribution < 1.29 is 45.4 Å². The van der Waals surface area contributed by atoms with Gasteiger partial charge in [0.25, 0.3) is 0 Å². The van der Waals surface area contributed by atoms with E-state index in [1.807, 2.05) is 6.92 Å². The quantitative estimate of drug-likeness (QED) is 0.190. The fraction of sp³-hybridized carbons (Fsp3) is 0.679. The largest absolute Gasteiger partial charge is 2.00 e. The number of ether oxygens (including phenoxy) is 1. The van der Waals surface area contributed by atoms with Crippen LogP contribution in [0, 0.1) is 42.9 Å². The van der Waals surface area contributed by atoms with Crippen LogP contribution in [0.15, 0.2) is 18.2 Å². The summed E-state index contributed by atoms with van der Waals surface area (Å²) in [7, 11) is 0. The molecule has 0 fully saturated rings. The molecule has 0 aliphatic rings. The van der Waals surface area contributed by atoms with Crippen molar-refractivity contribution in [1.29, 1.82) is 0 Å². The maximum Gasteiger partial charge on any atom is 2.00 e. The van der Waals surface area contributed by atoms with Gasteiger partial charge >= 0.3 is 31.1 Å². The summed E-state index contributed by atoms with van der Waals surface area (Å²) in [6, 6.07) is 5.05. The minimum atomic E-state index is 0. The van der Waals surface area contributed by atoms with Gasteiger partial charge in [-0.2, -0.15) is 27.2 Å². The Morgan fingerprint density at radius 2 is 1.48 bits per heavy atom. The van der Waals surface area contributed by atoms with Gasteiger partial charge in [-0.1, -0.05) is 92.2 Å². The van der Waals surface area contributed by atoms with E-state index in [0.29, 0.717) is 29.4 Å². The van der Waals surface area contributed by atoms with Crippen LogP contribution in [0.1, 0.15) is 125 Å². The molecule has 0 bridgehead atoms. The minimum Gasteiger partial charge on any atom is -0.542 e. The number of carbonyl (C=O) groups excluding carboxylic acids is 2. The first-order chi connectivity index (χ1) is 15.1. The number of aldehydes is 1. The summed E-state index contributed by atoms with van der Waals surface area (Å²) >= 11 is 5.80. The fourth-order valence-corrected chi connectivity index (χ4v) is 1.83. The van der Waals surface area contributed by atoms with Gasteiger partial charge in [0.2, 0.25) is 0 Å². The second kappa shape index (κ2) is 36.3. The van der Waals surface area contributed by atoms with Gasteiger partial charge < -0.3 is 15.4 Å². The van der Waals surface area contributed by atoms with E-state index in [9.17, 15) is 4.79 Å². The van der Waals surface area contributed by atoms with Crippen molar-refractivity contribution in [3.63, 3.8) is 0 Å². The van der Waals surface area contributed by atoms with Crippen LogP contribution in [0.5, 0.6) is 5.75 Å². The summed E-state index contributed by atoms with van der Waals surface area (Å²) in [4.78, 5) is 19.5. The molecular formula is C28H51ClO3U. The predicted molar refractivity (Wildman–Crippen MR) is 144 cm³/mol. The molecule has 3 nitrogen and oxygen atoms in total. The zero-order valence-electron chi connectivity index (χ0n) is 23.1. The summed E-state index contributed by atoms with van der Waals surface area (Å²) in [6.45, 7) is 21.9. The standard InChI is InChI=1S/C10H11ClO2.C7H16.C4H9.C4H10.C3H5O.U/c1-2-5-13-9-4-3-8(7-12)10(11)6-9;1-4-6-7(3)5-2;1-4(2)3;1-3-4-2;1-2-3-4;/h3-4,6-7H,2,5H2,1H3;7H,4-6H2,1-3H3;1-3H3;3-4H2,1-2H3;2H2,1H3;/q;;-1;;-1;+2. The SMILES string of the molecule is CCCC.CCCC(C)CC.CCCOc1ccc(C=O)c(Cl)c1.CC[C-]=O.C[C-](C)C.[U+2]. The van der Waals surface area contributed by atoms with Crippen molar-refractivity contribution in [3.05, 3.63) is 34.7 Å². The number of rotatable bonds is 9. The molecule has 0 amide bonds. The van der Waals surface area contributed by atoms with Gasteiger partial charge in [-0.05, 0) is 30.5 Å². The van der Waals surface area contributed by atoms with Crippen molar-refractivity contribution >= 4 is 24.2 Å². The normalized spacial score (nSPS) is 9.58. The van der Waals surface area contributed by atoms with Crippen molar-refractivity contribution in [2.24, 2.45) is 5.92 Å². The van der Waals surface area contributed by atoms with Crippen LogP contribution in [0.2, 0.25) is 5.02 Å². The van der Waals surface area contributed by atoms with Crippen molar-refractivity contribution in [3.8, 4) is 5.75 Å². The van der Waals surface area contributed by atoms with Gasteiger partial charge in [0.05, 0.1) is 11.6 Å². The molecule has 0 spiro atoms. The maximum atomic E-state index is 10.4. The molecule has 192 valence electrons. The Morgan fingerprint density at radius 1 is 1.00 bits per heavy atom. The summed E-state index contributed by atoms with van der Waals surface area (Å²) < 4.78 is 5.34. The van der Waals surface area contributed by atoms with Gasteiger partial charge in [0.1, 0.15) is 5.75 Å². The van der Waals surface area contributed by atoms with E-state index in [2.05, 4.69) is 55.4 Å². The second-order valence-corrected chi connectivity index (χ2v) is 8.36. The van der Waals surface area contributed by atoms with E-state index in [-0.39, 0.29) is 31.1 Å². The Hall–Kier alpha value is -0.298. The van der Waals surface area contributed by atoms with E-state index in [1.54, 1.807) is 31.4 Å². The van der Waals surface area contributed by atoms with Crippen molar-refractivity contribution in [2.75, 3.05) is 6.61 Å². The smallest absolute Gasteiger partial charge is 0.542 e. The van der Waals surface area contributed by atoms with Crippen LogP contribution in [0.3, 0.4) is 0 Å². The molecule has 1 aromatic carbocycles. The maximum absolute atomic E-state index is 10.4. The van der Waals surface area contributed by atoms with Gasteiger partial charge in [-0.25, -0.2) is 0 Å². The summed E-state index contributed by atoms with van der Waals surface area (Å²) in [5.41, 5.74) is 0.491. The van der Waals surface area contributed by atoms with Gasteiger partial charge in [0, 0.05) is 5.56 Å². The molecule has 1 aromatic rings. The Labute approximate surface area is 235 Å². The first-order valence-corrected chi connectivity index (χ1v) is 12.5. The zero-order valence-corrected chi connectivity index (χ0v) is 28.1. The van der Waals surface area contributed by atoms with Crippen molar-refractivity contribution in [2.45, 2.75) is 114 Å². The van der Waals surface area contributed by atoms with Crippen LogP contribution in [0.4, 0.5) is 0 Å². The third-order valence-corrected chi connectivity index (χ3v) is 4.02. The Bertz CT molecular complexity index is 503. The average Bonchev–Trinajstić information content (AvgIpc) is 2.78.